The van der Waals surface area contributed by atoms with Gasteiger partial charge in [0.25, 0.3) is 5.91 Å². The number of carbonyl (C=O) groups is 1. The Hall–Kier alpha value is -2.67. The van der Waals surface area contributed by atoms with Crippen molar-refractivity contribution in [2.24, 2.45) is 0 Å². The second-order valence-corrected chi connectivity index (χ2v) is 7.54. The van der Waals surface area contributed by atoms with Crippen LogP contribution in [0, 0.1) is 0 Å². The highest BCUT2D eigenvalue weighted by atomic mass is 16.5. The van der Waals surface area contributed by atoms with Gasteiger partial charge in [-0.25, -0.2) is 4.98 Å². The van der Waals surface area contributed by atoms with Crippen LogP contribution in [0.2, 0.25) is 0 Å². The van der Waals surface area contributed by atoms with Gasteiger partial charge in [-0.2, -0.15) is 0 Å². The smallest absolute Gasteiger partial charge is 0.259 e. The fourth-order valence-corrected chi connectivity index (χ4v) is 3.98. The largest absolute Gasteiger partial charge is 0.484 e. The van der Waals surface area contributed by atoms with E-state index in [9.17, 15) is 4.79 Å². The number of hydrogen-bond donors (Lipinski definition) is 0. The zero-order valence-electron chi connectivity index (χ0n) is 16.4. The first-order valence-electron chi connectivity index (χ1n) is 9.69. The molecule has 4 rings (SSSR count). The quantitative estimate of drug-likeness (QED) is 0.806. The number of anilines is 1. The summed E-state index contributed by atoms with van der Waals surface area (Å²) in [5, 5.41) is 0. The highest BCUT2D eigenvalue weighted by molar-refractivity contribution is 5.77. The molecule has 7 heteroatoms. The number of benzene rings is 1. The second-order valence-electron chi connectivity index (χ2n) is 7.54. The molecular weight excluding hydrogens is 356 g/mol. The first kappa shape index (κ1) is 18.7. The van der Waals surface area contributed by atoms with Crippen molar-refractivity contribution in [3.8, 4) is 5.75 Å². The van der Waals surface area contributed by atoms with E-state index in [0.29, 0.717) is 6.61 Å². The molecule has 2 aromatic rings. The molecule has 2 aliphatic heterocycles. The number of nitrogens with zero attached hydrogens (tertiary/aromatic N) is 4. The molecule has 28 heavy (non-hydrogen) atoms. The Labute approximate surface area is 165 Å². The molecule has 0 radical (unpaired) electrons. The number of aromatic nitrogens is 2. The minimum atomic E-state index is -0.246. The van der Waals surface area contributed by atoms with Gasteiger partial charge in [0.2, 0.25) is 0 Å². The van der Waals surface area contributed by atoms with E-state index in [1.807, 2.05) is 12.3 Å². The standard InChI is InChI=1S/C21H26N4O3/c1-24(2)20(26)15-27-17-3-4-18-16(13-17)5-12-28-21(18)6-10-25(11-7-21)19-14-22-8-9-23-19/h3-4,8-9,13-14H,5-7,10-12,15H2,1-2H3. The zero-order valence-corrected chi connectivity index (χ0v) is 16.4. The summed E-state index contributed by atoms with van der Waals surface area (Å²) >= 11 is 0. The van der Waals surface area contributed by atoms with Crippen molar-refractivity contribution in [3.05, 3.63) is 47.9 Å². The van der Waals surface area contributed by atoms with Gasteiger partial charge in [-0.15, -0.1) is 0 Å². The Bertz CT molecular complexity index is 833. The number of ether oxygens (including phenoxy) is 2. The van der Waals surface area contributed by atoms with E-state index >= 15 is 0 Å². The lowest BCUT2D eigenvalue weighted by Gasteiger charge is -2.45. The van der Waals surface area contributed by atoms with Crippen molar-refractivity contribution < 1.29 is 14.3 Å². The van der Waals surface area contributed by atoms with E-state index in [2.05, 4.69) is 27.0 Å². The number of fused-ring (bicyclic) bond motifs is 2. The van der Waals surface area contributed by atoms with Crippen molar-refractivity contribution in [2.75, 3.05) is 45.3 Å². The summed E-state index contributed by atoms with van der Waals surface area (Å²) in [4.78, 5) is 24.1. The molecule has 2 aliphatic rings. The Morgan fingerprint density at radius 1 is 1.29 bits per heavy atom. The van der Waals surface area contributed by atoms with E-state index in [1.54, 1.807) is 26.5 Å². The van der Waals surface area contributed by atoms with Crippen molar-refractivity contribution in [3.63, 3.8) is 0 Å². The molecule has 0 bridgehead atoms. The summed E-state index contributed by atoms with van der Waals surface area (Å²) < 4.78 is 12.0. The Morgan fingerprint density at radius 2 is 2.11 bits per heavy atom. The van der Waals surface area contributed by atoms with Gasteiger partial charge in [0, 0.05) is 39.6 Å². The summed E-state index contributed by atoms with van der Waals surface area (Å²) in [5.41, 5.74) is 2.27. The van der Waals surface area contributed by atoms with Crippen LogP contribution in [-0.2, 0) is 21.6 Å². The van der Waals surface area contributed by atoms with E-state index in [4.69, 9.17) is 9.47 Å². The number of hydrogen-bond acceptors (Lipinski definition) is 6. The molecule has 1 saturated heterocycles. The molecule has 0 saturated carbocycles. The third kappa shape index (κ3) is 3.67. The summed E-state index contributed by atoms with van der Waals surface area (Å²) in [7, 11) is 3.46. The Morgan fingerprint density at radius 3 is 2.82 bits per heavy atom. The maximum atomic E-state index is 11.8. The number of carbonyl (C=O) groups excluding carboxylic acids is 1. The molecule has 0 aliphatic carbocycles. The maximum absolute atomic E-state index is 11.8. The van der Waals surface area contributed by atoms with Crippen molar-refractivity contribution >= 4 is 11.7 Å². The SMILES string of the molecule is CN(C)C(=O)COc1ccc2c(c1)CCOC21CCN(c2cnccn2)CC1. The Balaban J connectivity index is 1.48. The minimum Gasteiger partial charge on any atom is -0.484 e. The first-order chi connectivity index (χ1) is 13.6. The van der Waals surface area contributed by atoms with Gasteiger partial charge in [0.15, 0.2) is 6.61 Å². The van der Waals surface area contributed by atoms with Gasteiger partial charge in [-0.05, 0) is 42.5 Å². The molecular formula is C21H26N4O3. The van der Waals surface area contributed by atoms with Crippen molar-refractivity contribution in [1.29, 1.82) is 0 Å². The van der Waals surface area contributed by atoms with Crippen LogP contribution in [0.25, 0.3) is 0 Å². The molecule has 3 heterocycles. The molecule has 0 unspecified atom stereocenters. The van der Waals surface area contributed by atoms with E-state index in [-0.39, 0.29) is 18.1 Å². The first-order valence-corrected chi connectivity index (χ1v) is 9.69. The van der Waals surface area contributed by atoms with Crippen LogP contribution in [0.1, 0.15) is 24.0 Å². The zero-order chi connectivity index (χ0) is 19.6. The lowest BCUT2D eigenvalue weighted by molar-refractivity contribution is -0.130. The predicted molar refractivity (Wildman–Crippen MR) is 105 cm³/mol. The van der Waals surface area contributed by atoms with Crippen LogP contribution in [0.4, 0.5) is 5.82 Å². The van der Waals surface area contributed by atoms with Crippen LogP contribution in [0.5, 0.6) is 5.75 Å². The predicted octanol–water partition coefficient (Wildman–Crippen LogP) is 2.01. The molecule has 1 aromatic heterocycles. The summed E-state index contributed by atoms with van der Waals surface area (Å²) in [6.45, 7) is 2.53. The van der Waals surface area contributed by atoms with E-state index < -0.39 is 0 Å². The van der Waals surface area contributed by atoms with Gasteiger partial charge in [-0.3, -0.25) is 9.78 Å². The maximum Gasteiger partial charge on any atom is 0.259 e. The van der Waals surface area contributed by atoms with Crippen molar-refractivity contribution in [1.82, 2.24) is 14.9 Å². The van der Waals surface area contributed by atoms with Gasteiger partial charge in [-0.1, -0.05) is 6.07 Å². The van der Waals surface area contributed by atoms with E-state index in [0.717, 1.165) is 43.9 Å². The number of piperidine rings is 1. The fraction of sp³-hybridized carbons (Fsp3) is 0.476. The van der Waals surface area contributed by atoms with Crippen LogP contribution in [-0.4, -0.2) is 61.2 Å². The summed E-state index contributed by atoms with van der Waals surface area (Å²) in [6.07, 6.45) is 7.93. The monoisotopic (exact) mass is 382 g/mol. The van der Waals surface area contributed by atoms with Crippen LogP contribution < -0.4 is 9.64 Å². The Kier molecular flexibility index (Phi) is 5.17. The summed E-state index contributed by atoms with van der Waals surface area (Å²) in [5.74, 6) is 1.61. The number of rotatable bonds is 4. The van der Waals surface area contributed by atoms with E-state index in [1.165, 1.54) is 16.0 Å². The van der Waals surface area contributed by atoms with Gasteiger partial charge < -0.3 is 19.3 Å². The van der Waals surface area contributed by atoms with Crippen LogP contribution in [0.3, 0.4) is 0 Å². The molecule has 7 nitrogen and oxygen atoms in total. The highest BCUT2D eigenvalue weighted by Crippen LogP contribution is 2.42. The third-order valence-electron chi connectivity index (χ3n) is 5.62. The van der Waals surface area contributed by atoms with Crippen LogP contribution in [0.15, 0.2) is 36.8 Å². The second kappa shape index (κ2) is 7.75. The molecule has 1 fully saturated rings. The normalized spacial score (nSPS) is 17.9. The topological polar surface area (TPSA) is 67.8 Å². The number of likely N-dealkylation sites (N-methyl/N-ethyl adjacent to an activating group) is 1. The van der Waals surface area contributed by atoms with Gasteiger partial charge in [0.1, 0.15) is 11.6 Å². The average Bonchev–Trinajstić information content (AvgIpc) is 2.73. The lowest BCUT2D eigenvalue weighted by Crippen LogP contribution is -2.46. The third-order valence-corrected chi connectivity index (χ3v) is 5.62. The molecule has 148 valence electrons. The summed E-state index contributed by atoms with van der Waals surface area (Å²) in [6, 6.07) is 6.13. The van der Waals surface area contributed by atoms with Gasteiger partial charge in [0.05, 0.1) is 18.4 Å². The average molecular weight is 382 g/mol. The molecule has 0 atom stereocenters. The minimum absolute atomic E-state index is 0.0473. The fourth-order valence-electron chi connectivity index (χ4n) is 3.98. The highest BCUT2D eigenvalue weighted by Gasteiger charge is 2.41. The lowest BCUT2D eigenvalue weighted by atomic mass is 9.79. The van der Waals surface area contributed by atoms with Crippen molar-refractivity contribution in [2.45, 2.75) is 24.9 Å². The number of amides is 1. The van der Waals surface area contributed by atoms with Gasteiger partial charge >= 0.3 is 0 Å². The molecule has 1 amide bonds. The molecule has 1 spiro atoms. The molecule has 0 N–H and O–H groups in total. The molecule has 1 aromatic carbocycles. The van der Waals surface area contributed by atoms with Crippen LogP contribution >= 0.6 is 0 Å².